The van der Waals surface area contributed by atoms with Crippen molar-refractivity contribution in [2.45, 2.75) is 12.8 Å². The summed E-state index contributed by atoms with van der Waals surface area (Å²) in [6.07, 6.45) is 1.03. The number of primary amides is 1. The zero-order valence-electron chi connectivity index (χ0n) is 6.79. The minimum Gasteiger partial charge on any atom is -0.370 e. The molecule has 0 radical (unpaired) electrons. The van der Waals surface area contributed by atoms with Gasteiger partial charge in [0.15, 0.2) is 11.0 Å². The van der Waals surface area contributed by atoms with Gasteiger partial charge < -0.3 is 11.1 Å². The van der Waals surface area contributed by atoms with Crippen LogP contribution in [0.4, 0.5) is 5.82 Å². The first-order valence-corrected chi connectivity index (χ1v) is 4.81. The van der Waals surface area contributed by atoms with Crippen LogP contribution >= 0.6 is 23.3 Å². The average Bonchev–Trinajstić information content (AvgIpc) is 2.45. The van der Waals surface area contributed by atoms with E-state index in [1.165, 1.54) is 0 Å². The maximum absolute atomic E-state index is 10.4. The van der Waals surface area contributed by atoms with Crippen molar-refractivity contribution in [3.8, 4) is 0 Å². The fourth-order valence-corrected chi connectivity index (χ4v) is 1.44. The number of halogens is 1. The summed E-state index contributed by atoms with van der Waals surface area (Å²) in [6, 6.07) is 0. The smallest absolute Gasteiger partial charge is 0.217 e. The minimum absolute atomic E-state index is 0.302. The predicted molar refractivity (Wildman–Crippen MR) is 51.8 cm³/mol. The standard InChI is InChI=1S/C6H9ClN4OS/c7-5-6(11-13-10-5)9-3-1-2-4(8)12/h1-3H2,(H2,8,12)(H,9,11). The second-order valence-corrected chi connectivity index (χ2v) is 3.29. The highest BCUT2D eigenvalue weighted by Crippen LogP contribution is 2.17. The molecule has 13 heavy (non-hydrogen) atoms. The molecule has 72 valence electrons. The molecule has 0 aliphatic rings. The second-order valence-electron chi connectivity index (χ2n) is 2.40. The molecule has 5 nitrogen and oxygen atoms in total. The van der Waals surface area contributed by atoms with Crippen molar-refractivity contribution in [3.05, 3.63) is 5.15 Å². The molecule has 0 aliphatic heterocycles. The lowest BCUT2D eigenvalue weighted by molar-refractivity contribution is -0.118. The van der Waals surface area contributed by atoms with Crippen LogP contribution in [-0.4, -0.2) is 21.2 Å². The van der Waals surface area contributed by atoms with E-state index >= 15 is 0 Å². The number of amides is 1. The number of nitrogens with two attached hydrogens (primary N) is 1. The molecule has 0 fully saturated rings. The molecule has 1 aromatic rings. The molecular weight excluding hydrogens is 212 g/mol. The van der Waals surface area contributed by atoms with Gasteiger partial charge in [-0.05, 0) is 6.42 Å². The first kappa shape index (κ1) is 10.2. The first-order chi connectivity index (χ1) is 6.20. The zero-order valence-corrected chi connectivity index (χ0v) is 8.36. The van der Waals surface area contributed by atoms with E-state index in [1.54, 1.807) is 0 Å². The summed E-state index contributed by atoms with van der Waals surface area (Å²) in [5.74, 6) is 0.264. The lowest BCUT2D eigenvalue weighted by Crippen LogP contribution is -2.12. The number of rotatable bonds is 5. The molecule has 0 saturated heterocycles. The molecule has 1 rings (SSSR count). The summed E-state index contributed by atoms with van der Waals surface area (Å²) in [5, 5.41) is 3.31. The van der Waals surface area contributed by atoms with Gasteiger partial charge in [0.25, 0.3) is 0 Å². The molecule has 0 unspecified atom stereocenters. The minimum atomic E-state index is -0.302. The molecule has 0 aromatic carbocycles. The molecule has 0 bridgehead atoms. The van der Waals surface area contributed by atoms with Crippen LogP contribution in [-0.2, 0) is 4.79 Å². The largest absolute Gasteiger partial charge is 0.370 e. The third kappa shape index (κ3) is 3.56. The van der Waals surface area contributed by atoms with Crippen LogP contribution in [0.15, 0.2) is 0 Å². The van der Waals surface area contributed by atoms with Gasteiger partial charge in [-0.2, -0.15) is 8.75 Å². The highest BCUT2D eigenvalue weighted by atomic mass is 35.5. The van der Waals surface area contributed by atoms with E-state index in [1.807, 2.05) is 0 Å². The lowest BCUT2D eigenvalue weighted by Gasteiger charge is -2.00. The molecule has 0 atom stereocenters. The normalized spacial score (nSPS) is 9.92. The van der Waals surface area contributed by atoms with E-state index in [2.05, 4.69) is 14.1 Å². The quantitative estimate of drug-likeness (QED) is 0.722. The summed E-state index contributed by atoms with van der Waals surface area (Å²) in [5.41, 5.74) is 4.96. The second kappa shape index (κ2) is 4.98. The predicted octanol–water partition coefficient (Wildman–Crippen LogP) is 0.869. The Labute approximate surface area is 84.6 Å². The number of nitrogens with one attached hydrogen (secondary N) is 1. The topological polar surface area (TPSA) is 80.9 Å². The Bertz CT molecular complexity index is 290. The van der Waals surface area contributed by atoms with Gasteiger partial charge >= 0.3 is 0 Å². The number of carbonyl (C=O) groups excluding carboxylic acids is 1. The summed E-state index contributed by atoms with van der Waals surface area (Å²) >= 11 is 6.71. The molecule has 1 aromatic heterocycles. The van der Waals surface area contributed by atoms with Crippen molar-refractivity contribution < 1.29 is 4.79 Å². The Balaban J connectivity index is 2.20. The Morgan fingerprint density at radius 2 is 2.38 bits per heavy atom. The molecule has 3 N–H and O–H groups in total. The third-order valence-electron chi connectivity index (χ3n) is 1.34. The van der Waals surface area contributed by atoms with Crippen molar-refractivity contribution >= 4 is 35.1 Å². The van der Waals surface area contributed by atoms with E-state index in [0.717, 1.165) is 11.7 Å². The van der Waals surface area contributed by atoms with E-state index in [4.69, 9.17) is 17.3 Å². The van der Waals surface area contributed by atoms with Gasteiger partial charge in [-0.25, -0.2) is 0 Å². The molecular formula is C6H9ClN4OS. The van der Waals surface area contributed by atoms with E-state index in [0.29, 0.717) is 30.4 Å². The summed E-state index contributed by atoms with van der Waals surface area (Å²) in [4.78, 5) is 10.4. The Morgan fingerprint density at radius 1 is 1.62 bits per heavy atom. The Kier molecular flexibility index (Phi) is 3.91. The highest BCUT2D eigenvalue weighted by Gasteiger charge is 2.03. The molecule has 1 heterocycles. The maximum atomic E-state index is 10.4. The highest BCUT2D eigenvalue weighted by molar-refractivity contribution is 6.99. The Hall–Kier alpha value is -0.880. The SMILES string of the molecule is NC(=O)CCCNc1nsnc1Cl. The van der Waals surface area contributed by atoms with Crippen molar-refractivity contribution in [2.24, 2.45) is 5.73 Å². The van der Waals surface area contributed by atoms with Crippen LogP contribution in [0.3, 0.4) is 0 Å². The fraction of sp³-hybridized carbons (Fsp3) is 0.500. The molecule has 0 saturated carbocycles. The van der Waals surface area contributed by atoms with Gasteiger partial charge in [0, 0.05) is 13.0 Å². The number of carbonyl (C=O) groups is 1. The lowest BCUT2D eigenvalue weighted by atomic mass is 10.3. The first-order valence-electron chi connectivity index (χ1n) is 3.70. The number of hydrogen-bond acceptors (Lipinski definition) is 5. The number of anilines is 1. The summed E-state index contributed by atoms with van der Waals surface area (Å²) < 4.78 is 7.68. The van der Waals surface area contributed by atoms with Crippen LogP contribution in [0.25, 0.3) is 0 Å². The van der Waals surface area contributed by atoms with Crippen molar-refractivity contribution in [1.82, 2.24) is 8.75 Å². The van der Waals surface area contributed by atoms with Crippen molar-refractivity contribution in [3.63, 3.8) is 0 Å². The van der Waals surface area contributed by atoms with Crippen LogP contribution in [0.5, 0.6) is 0 Å². The monoisotopic (exact) mass is 220 g/mol. The van der Waals surface area contributed by atoms with Crippen molar-refractivity contribution in [1.29, 1.82) is 0 Å². The van der Waals surface area contributed by atoms with Crippen LogP contribution < -0.4 is 11.1 Å². The van der Waals surface area contributed by atoms with Gasteiger partial charge in [0.05, 0.1) is 11.7 Å². The molecule has 0 aliphatic carbocycles. The van der Waals surface area contributed by atoms with Gasteiger partial charge in [-0.1, -0.05) is 11.6 Å². The number of hydrogen-bond donors (Lipinski definition) is 2. The molecule has 0 spiro atoms. The van der Waals surface area contributed by atoms with Gasteiger partial charge in [-0.15, -0.1) is 0 Å². The summed E-state index contributed by atoms with van der Waals surface area (Å²) in [6.45, 7) is 0.619. The summed E-state index contributed by atoms with van der Waals surface area (Å²) in [7, 11) is 0. The van der Waals surface area contributed by atoms with E-state index in [9.17, 15) is 4.79 Å². The average molecular weight is 221 g/mol. The fourth-order valence-electron chi connectivity index (χ4n) is 0.753. The van der Waals surface area contributed by atoms with Crippen LogP contribution in [0.2, 0.25) is 5.15 Å². The zero-order chi connectivity index (χ0) is 9.68. The van der Waals surface area contributed by atoms with Crippen LogP contribution in [0, 0.1) is 0 Å². The number of aromatic nitrogens is 2. The van der Waals surface area contributed by atoms with E-state index in [-0.39, 0.29) is 5.91 Å². The van der Waals surface area contributed by atoms with Gasteiger partial charge in [0.2, 0.25) is 5.91 Å². The third-order valence-corrected chi connectivity index (χ3v) is 2.23. The van der Waals surface area contributed by atoms with Crippen LogP contribution in [0.1, 0.15) is 12.8 Å². The Morgan fingerprint density at radius 3 is 2.92 bits per heavy atom. The van der Waals surface area contributed by atoms with E-state index < -0.39 is 0 Å². The number of nitrogens with zero attached hydrogens (tertiary/aromatic N) is 2. The van der Waals surface area contributed by atoms with Gasteiger partial charge in [0.1, 0.15) is 0 Å². The van der Waals surface area contributed by atoms with Crippen molar-refractivity contribution in [2.75, 3.05) is 11.9 Å². The molecule has 1 amide bonds. The van der Waals surface area contributed by atoms with Gasteiger partial charge in [-0.3, -0.25) is 4.79 Å². The molecule has 7 heteroatoms. The maximum Gasteiger partial charge on any atom is 0.217 e.